The average Bonchev–Trinajstić information content (AvgIpc) is 3.15. The lowest BCUT2D eigenvalue weighted by atomic mass is 10.3. The van der Waals surface area contributed by atoms with E-state index in [2.05, 4.69) is 5.32 Å². The molecular formula is C14H15NO6. The van der Waals surface area contributed by atoms with Gasteiger partial charge in [0.25, 0.3) is 0 Å². The van der Waals surface area contributed by atoms with Gasteiger partial charge in [-0.25, -0.2) is 0 Å². The second-order valence-corrected chi connectivity index (χ2v) is 4.94. The van der Waals surface area contributed by atoms with Gasteiger partial charge in [-0.15, -0.1) is 0 Å². The van der Waals surface area contributed by atoms with Gasteiger partial charge in [-0.1, -0.05) is 0 Å². The summed E-state index contributed by atoms with van der Waals surface area (Å²) >= 11 is 0. The van der Waals surface area contributed by atoms with Gasteiger partial charge >= 0.3 is 5.97 Å². The number of fused-ring (bicyclic) bond motifs is 1. The number of ether oxygens (including phenoxy) is 3. The van der Waals surface area contributed by atoms with Crippen LogP contribution in [0.4, 0.5) is 0 Å². The number of carboxylic acid groups (broad SMARTS) is 1. The number of nitrogens with one attached hydrogen (secondary N) is 1. The van der Waals surface area contributed by atoms with Gasteiger partial charge in [0, 0.05) is 6.07 Å². The first-order valence-electron chi connectivity index (χ1n) is 6.68. The van der Waals surface area contributed by atoms with Crippen molar-refractivity contribution in [3.8, 4) is 17.2 Å². The van der Waals surface area contributed by atoms with Crippen molar-refractivity contribution in [3.63, 3.8) is 0 Å². The van der Waals surface area contributed by atoms with Crippen molar-refractivity contribution < 1.29 is 28.9 Å². The molecule has 21 heavy (non-hydrogen) atoms. The Labute approximate surface area is 120 Å². The molecule has 1 heterocycles. The second-order valence-electron chi connectivity index (χ2n) is 4.94. The molecule has 0 bridgehead atoms. The number of benzene rings is 1. The molecule has 1 fully saturated rings. The van der Waals surface area contributed by atoms with Crippen molar-refractivity contribution >= 4 is 11.9 Å². The summed E-state index contributed by atoms with van der Waals surface area (Å²) < 4.78 is 15.9. The predicted molar refractivity (Wildman–Crippen MR) is 70.3 cm³/mol. The zero-order valence-electron chi connectivity index (χ0n) is 11.2. The minimum Gasteiger partial charge on any atom is -0.492 e. The third kappa shape index (κ3) is 3.01. The Morgan fingerprint density at radius 3 is 2.86 bits per heavy atom. The number of aliphatic carboxylic acids is 1. The maximum absolute atomic E-state index is 11.6. The molecular weight excluding hydrogens is 278 g/mol. The molecule has 1 aromatic rings. The number of carbonyl (C=O) groups is 2. The van der Waals surface area contributed by atoms with Crippen LogP contribution in [0.2, 0.25) is 0 Å². The van der Waals surface area contributed by atoms with E-state index in [-0.39, 0.29) is 12.7 Å². The maximum atomic E-state index is 11.6. The molecule has 0 aromatic heterocycles. The molecule has 1 saturated carbocycles. The summed E-state index contributed by atoms with van der Waals surface area (Å²) in [6.45, 7) is 0.840. The highest BCUT2D eigenvalue weighted by atomic mass is 16.7. The summed E-state index contributed by atoms with van der Waals surface area (Å²) in [6.07, 6.45) is 0.421. The van der Waals surface area contributed by atoms with Crippen LogP contribution in [0.1, 0.15) is 6.42 Å². The number of rotatable bonds is 6. The Bertz CT molecular complexity index is 573. The highest BCUT2D eigenvalue weighted by Crippen LogP contribution is 2.38. The number of hydrogen-bond donors (Lipinski definition) is 2. The molecule has 7 heteroatoms. The van der Waals surface area contributed by atoms with Crippen LogP contribution < -0.4 is 19.5 Å². The second kappa shape index (κ2) is 5.51. The first kappa shape index (κ1) is 13.5. The fourth-order valence-electron chi connectivity index (χ4n) is 2.20. The summed E-state index contributed by atoms with van der Waals surface area (Å²) in [5.74, 6) is -0.109. The highest BCUT2D eigenvalue weighted by Gasteiger charge is 2.48. The topological polar surface area (TPSA) is 94.1 Å². The molecule has 2 atom stereocenters. The van der Waals surface area contributed by atoms with Gasteiger partial charge in [0.15, 0.2) is 11.5 Å². The molecule has 7 nitrogen and oxygen atoms in total. The molecule has 0 radical (unpaired) electrons. The van der Waals surface area contributed by atoms with E-state index in [0.29, 0.717) is 36.8 Å². The van der Waals surface area contributed by atoms with Gasteiger partial charge in [0.05, 0.1) is 18.4 Å². The van der Waals surface area contributed by atoms with E-state index in [1.165, 1.54) is 0 Å². The normalized spacial score (nSPS) is 21.7. The van der Waals surface area contributed by atoms with Crippen LogP contribution in [0, 0.1) is 11.8 Å². The van der Waals surface area contributed by atoms with Gasteiger partial charge in [-0.3, -0.25) is 9.59 Å². The molecule has 0 spiro atoms. The Balaban J connectivity index is 1.39. The van der Waals surface area contributed by atoms with Crippen LogP contribution >= 0.6 is 0 Å². The Morgan fingerprint density at radius 1 is 1.29 bits per heavy atom. The molecule has 2 N–H and O–H groups in total. The van der Waals surface area contributed by atoms with Crippen LogP contribution in [0.5, 0.6) is 17.2 Å². The smallest absolute Gasteiger partial charge is 0.307 e. The van der Waals surface area contributed by atoms with E-state index >= 15 is 0 Å². The summed E-state index contributed by atoms with van der Waals surface area (Å²) in [6, 6.07) is 5.25. The third-order valence-electron chi connectivity index (χ3n) is 3.46. The lowest BCUT2D eigenvalue weighted by Crippen LogP contribution is -2.30. The Hall–Kier alpha value is -2.44. The maximum Gasteiger partial charge on any atom is 0.307 e. The van der Waals surface area contributed by atoms with Crippen LogP contribution in [0.15, 0.2) is 18.2 Å². The van der Waals surface area contributed by atoms with Gasteiger partial charge < -0.3 is 24.6 Å². The summed E-state index contributed by atoms with van der Waals surface area (Å²) in [4.78, 5) is 22.3. The summed E-state index contributed by atoms with van der Waals surface area (Å²) in [5.41, 5.74) is 0. The van der Waals surface area contributed by atoms with Crippen molar-refractivity contribution in [2.24, 2.45) is 11.8 Å². The number of hydrogen-bond acceptors (Lipinski definition) is 5. The fraction of sp³-hybridized carbons (Fsp3) is 0.429. The molecule has 0 unspecified atom stereocenters. The molecule has 112 valence electrons. The fourth-order valence-corrected chi connectivity index (χ4v) is 2.20. The molecule has 0 saturated heterocycles. The lowest BCUT2D eigenvalue weighted by Gasteiger charge is -2.08. The van der Waals surface area contributed by atoms with E-state index in [4.69, 9.17) is 19.3 Å². The van der Waals surface area contributed by atoms with E-state index < -0.39 is 17.8 Å². The Kier molecular flexibility index (Phi) is 3.55. The largest absolute Gasteiger partial charge is 0.492 e. The van der Waals surface area contributed by atoms with Crippen LogP contribution in [0.3, 0.4) is 0 Å². The number of amides is 1. The number of carbonyl (C=O) groups excluding carboxylic acids is 1. The van der Waals surface area contributed by atoms with Crippen molar-refractivity contribution in [1.29, 1.82) is 0 Å². The first-order chi connectivity index (χ1) is 10.1. The number of carboxylic acids is 1. The van der Waals surface area contributed by atoms with E-state index in [9.17, 15) is 9.59 Å². The van der Waals surface area contributed by atoms with Crippen LogP contribution in [-0.2, 0) is 9.59 Å². The first-order valence-corrected chi connectivity index (χ1v) is 6.68. The monoisotopic (exact) mass is 293 g/mol. The van der Waals surface area contributed by atoms with E-state index in [1.807, 2.05) is 0 Å². The van der Waals surface area contributed by atoms with Gasteiger partial charge in [0.1, 0.15) is 12.4 Å². The standard InChI is InChI=1S/C14H15NO6/c16-13(9-6-10(9)14(17)18)15-3-4-19-8-1-2-11-12(5-8)21-7-20-11/h1-2,5,9-10H,3-4,6-7H2,(H,15,16)(H,17,18)/t9-,10+/m1/s1. The van der Waals surface area contributed by atoms with Crippen molar-refractivity contribution in [3.05, 3.63) is 18.2 Å². The molecule has 1 amide bonds. The van der Waals surface area contributed by atoms with Gasteiger partial charge in [-0.2, -0.15) is 0 Å². The molecule has 1 aliphatic heterocycles. The zero-order valence-corrected chi connectivity index (χ0v) is 11.2. The highest BCUT2D eigenvalue weighted by molar-refractivity contribution is 5.89. The third-order valence-corrected chi connectivity index (χ3v) is 3.46. The van der Waals surface area contributed by atoms with E-state index in [0.717, 1.165) is 0 Å². The van der Waals surface area contributed by atoms with Gasteiger partial charge in [0.2, 0.25) is 12.7 Å². The lowest BCUT2D eigenvalue weighted by molar-refractivity contribution is -0.140. The van der Waals surface area contributed by atoms with Crippen molar-refractivity contribution in [1.82, 2.24) is 5.32 Å². The average molecular weight is 293 g/mol. The van der Waals surface area contributed by atoms with Crippen molar-refractivity contribution in [2.75, 3.05) is 19.9 Å². The quantitative estimate of drug-likeness (QED) is 0.747. The van der Waals surface area contributed by atoms with E-state index in [1.54, 1.807) is 18.2 Å². The molecule has 1 aromatic carbocycles. The SMILES string of the molecule is O=C(O)[C@H]1C[C@H]1C(=O)NCCOc1ccc2c(c1)OCO2. The molecule has 3 rings (SSSR count). The summed E-state index contributed by atoms with van der Waals surface area (Å²) in [5, 5.41) is 11.4. The van der Waals surface area contributed by atoms with Crippen LogP contribution in [-0.4, -0.2) is 36.9 Å². The minimum atomic E-state index is -0.910. The molecule has 1 aliphatic carbocycles. The molecule has 2 aliphatic rings. The Morgan fingerprint density at radius 2 is 2.10 bits per heavy atom. The summed E-state index contributed by atoms with van der Waals surface area (Å²) in [7, 11) is 0. The zero-order chi connectivity index (χ0) is 14.8. The van der Waals surface area contributed by atoms with Crippen molar-refractivity contribution in [2.45, 2.75) is 6.42 Å². The van der Waals surface area contributed by atoms with Gasteiger partial charge in [-0.05, 0) is 18.6 Å². The minimum absolute atomic E-state index is 0.209. The predicted octanol–water partition coefficient (Wildman–Crippen LogP) is 0.631. The van der Waals surface area contributed by atoms with Crippen LogP contribution in [0.25, 0.3) is 0 Å².